The van der Waals surface area contributed by atoms with Gasteiger partial charge in [-0.3, -0.25) is 9.59 Å². The number of carbonyl (C=O) groups is 4. The maximum Gasteiger partial charge on any atom is 0.408 e. The fourth-order valence-electron chi connectivity index (χ4n) is 5.12. The molecule has 4 amide bonds. The summed E-state index contributed by atoms with van der Waals surface area (Å²) in [5, 5.41) is 5.42. The molecule has 2 atom stereocenters. The van der Waals surface area contributed by atoms with Gasteiger partial charge in [0, 0.05) is 18.2 Å². The molecule has 2 aromatic carbocycles. The Morgan fingerprint density at radius 3 is 2.24 bits per heavy atom. The van der Waals surface area contributed by atoms with Crippen LogP contribution in [0.3, 0.4) is 0 Å². The SMILES string of the molecule is CC(C)(C)OC(=O)N[C@@H](CCCCNC(=O)OCC1c2ccccc2-c2ccccc21)C(=O)N1CSC[C@H]1C(N)=O. The lowest BCUT2D eigenvalue weighted by Gasteiger charge is -2.28. The molecule has 10 nitrogen and oxygen atoms in total. The van der Waals surface area contributed by atoms with Crippen molar-refractivity contribution in [3.8, 4) is 11.1 Å². The van der Waals surface area contributed by atoms with Crippen molar-refractivity contribution in [1.82, 2.24) is 15.5 Å². The molecule has 0 spiro atoms. The number of primary amides is 1. The molecule has 4 N–H and O–H groups in total. The number of rotatable bonds is 10. The van der Waals surface area contributed by atoms with Crippen LogP contribution in [0.2, 0.25) is 0 Å². The molecule has 0 aromatic heterocycles. The maximum absolute atomic E-state index is 13.3. The van der Waals surface area contributed by atoms with Crippen molar-refractivity contribution in [3.05, 3.63) is 59.7 Å². The Morgan fingerprint density at radius 1 is 1.00 bits per heavy atom. The van der Waals surface area contributed by atoms with E-state index in [2.05, 4.69) is 34.9 Å². The number of ether oxygens (including phenoxy) is 2. The number of unbranched alkanes of at least 4 members (excludes halogenated alkanes) is 1. The van der Waals surface area contributed by atoms with Gasteiger partial charge in [-0.1, -0.05) is 48.5 Å². The Balaban J connectivity index is 1.26. The zero-order valence-electron chi connectivity index (χ0n) is 23.7. The van der Waals surface area contributed by atoms with Crippen molar-refractivity contribution < 1.29 is 28.7 Å². The lowest BCUT2D eigenvalue weighted by molar-refractivity contribution is -0.138. The molecule has 220 valence electrons. The summed E-state index contributed by atoms with van der Waals surface area (Å²) in [5.74, 6) is -0.236. The molecule has 11 heteroatoms. The van der Waals surface area contributed by atoms with Crippen LogP contribution in [0.15, 0.2) is 48.5 Å². The number of benzene rings is 2. The number of nitrogens with zero attached hydrogens (tertiary/aromatic N) is 1. The summed E-state index contributed by atoms with van der Waals surface area (Å²) in [6, 6.07) is 14.7. The van der Waals surface area contributed by atoms with Crippen molar-refractivity contribution in [2.45, 2.75) is 63.6 Å². The Morgan fingerprint density at radius 2 is 1.63 bits per heavy atom. The van der Waals surface area contributed by atoms with E-state index in [1.54, 1.807) is 20.8 Å². The van der Waals surface area contributed by atoms with Crippen LogP contribution in [0.4, 0.5) is 9.59 Å². The molecule has 2 aliphatic rings. The zero-order chi connectivity index (χ0) is 29.6. The Kier molecular flexibility index (Phi) is 9.80. The molecular weight excluding hydrogens is 544 g/mol. The van der Waals surface area contributed by atoms with Crippen LogP contribution in [-0.2, 0) is 19.1 Å². The molecule has 1 aliphatic carbocycles. The van der Waals surface area contributed by atoms with Crippen LogP contribution in [0, 0.1) is 0 Å². The monoisotopic (exact) mass is 582 g/mol. The minimum atomic E-state index is -0.889. The molecule has 1 saturated heterocycles. The van der Waals surface area contributed by atoms with E-state index >= 15 is 0 Å². The van der Waals surface area contributed by atoms with Gasteiger partial charge in [-0.25, -0.2) is 9.59 Å². The number of hydrogen-bond donors (Lipinski definition) is 3. The minimum absolute atomic E-state index is 0.0215. The van der Waals surface area contributed by atoms with E-state index in [9.17, 15) is 19.2 Å². The van der Waals surface area contributed by atoms with Gasteiger partial charge < -0.3 is 30.7 Å². The van der Waals surface area contributed by atoms with E-state index in [1.807, 2.05) is 24.3 Å². The molecule has 0 radical (unpaired) electrons. The lowest BCUT2D eigenvalue weighted by atomic mass is 9.98. The van der Waals surface area contributed by atoms with Crippen molar-refractivity contribution in [2.24, 2.45) is 5.73 Å². The third-order valence-electron chi connectivity index (χ3n) is 7.02. The smallest absolute Gasteiger partial charge is 0.408 e. The van der Waals surface area contributed by atoms with Gasteiger partial charge in [0.15, 0.2) is 0 Å². The number of hydrogen-bond acceptors (Lipinski definition) is 7. The Hall–Kier alpha value is -3.73. The van der Waals surface area contributed by atoms with Gasteiger partial charge in [0.05, 0.1) is 5.88 Å². The molecular formula is C30H38N4O6S. The Bertz CT molecular complexity index is 1230. The fourth-order valence-corrected chi connectivity index (χ4v) is 6.29. The minimum Gasteiger partial charge on any atom is -0.449 e. The highest BCUT2D eigenvalue weighted by molar-refractivity contribution is 7.99. The standard InChI is InChI=1S/C30H38N4O6S/c1-30(2,3)40-29(38)33-24(27(36)34-18-41-17-25(34)26(31)35)14-8-9-15-32-28(37)39-16-23-21-12-6-4-10-19(21)20-11-5-7-13-22(20)23/h4-7,10-13,23-25H,8-9,14-18H2,1-3H3,(H2,31,35)(H,32,37)(H,33,38)/t24-,25-/m0/s1. The normalized spacial score (nSPS) is 16.9. The predicted octanol–water partition coefficient (Wildman–Crippen LogP) is 3.98. The maximum atomic E-state index is 13.3. The molecule has 4 rings (SSSR count). The van der Waals surface area contributed by atoms with Gasteiger partial charge in [-0.05, 0) is 62.3 Å². The molecule has 0 unspecified atom stereocenters. The Labute approximate surface area is 244 Å². The van der Waals surface area contributed by atoms with E-state index in [1.165, 1.54) is 16.7 Å². The van der Waals surface area contributed by atoms with Gasteiger partial charge in [0.25, 0.3) is 0 Å². The summed E-state index contributed by atoms with van der Waals surface area (Å²) in [5.41, 5.74) is 9.36. The number of thioether (sulfide) groups is 1. The van der Waals surface area contributed by atoms with E-state index < -0.39 is 35.8 Å². The highest BCUT2D eigenvalue weighted by Crippen LogP contribution is 2.44. The van der Waals surface area contributed by atoms with Crippen molar-refractivity contribution >= 4 is 35.8 Å². The highest BCUT2D eigenvalue weighted by Gasteiger charge is 2.37. The second-order valence-electron chi connectivity index (χ2n) is 11.2. The highest BCUT2D eigenvalue weighted by atomic mass is 32.2. The van der Waals surface area contributed by atoms with Crippen molar-refractivity contribution in [3.63, 3.8) is 0 Å². The van der Waals surface area contributed by atoms with Gasteiger partial charge in [0.2, 0.25) is 11.8 Å². The summed E-state index contributed by atoms with van der Waals surface area (Å²) in [6.07, 6.45) is 0.160. The topological polar surface area (TPSA) is 140 Å². The van der Waals surface area contributed by atoms with Crippen LogP contribution >= 0.6 is 11.8 Å². The number of carbonyl (C=O) groups excluding carboxylic acids is 4. The first kappa shape index (κ1) is 30.2. The van der Waals surface area contributed by atoms with E-state index in [-0.39, 0.29) is 18.4 Å². The average molecular weight is 583 g/mol. The molecule has 2 aromatic rings. The molecule has 1 heterocycles. The van der Waals surface area contributed by atoms with Crippen molar-refractivity contribution in [2.75, 3.05) is 24.8 Å². The summed E-state index contributed by atoms with van der Waals surface area (Å²) < 4.78 is 10.9. The quantitative estimate of drug-likeness (QED) is 0.360. The van der Waals surface area contributed by atoms with Crippen LogP contribution in [0.5, 0.6) is 0 Å². The van der Waals surface area contributed by atoms with E-state index in [4.69, 9.17) is 15.2 Å². The number of alkyl carbamates (subject to hydrolysis) is 2. The van der Waals surface area contributed by atoms with Crippen LogP contribution < -0.4 is 16.4 Å². The average Bonchev–Trinajstić information content (AvgIpc) is 3.53. The second kappa shape index (κ2) is 13.3. The molecule has 41 heavy (non-hydrogen) atoms. The largest absolute Gasteiger partial charge is 0.449 e. The number of nitrogens with one attached hydrogen (secondary N) is 2. The van der Waals surface area contributed by atoms with Crippen LogP contribution in [0.25, 0.3) is 11.1 Å². The van der Waals surface area contributed by atoms with Crippen LogP contribution in [0.1, 0.15) is 57.1 Å². The fraction of sp³-hybridized carbons (Fsp3) is 0.467. The third-order valence-corrected chi connectivity index (χ3v) is 8.03. The molecule has 0 saturated carbocycles. The zero-order valence-corrected chi connectivity index (χ0v) is 24.5. The number of nitrogens with two attached hydrogens (primary N) is 1. The van der Waals surface area contributed by atoms with Gasteiger partial charge in [-0.15, -0.1) is 11.8 Å². The predicted molar refractivity (Wildman–Crippen MR) is 157 cm³/mol. The first-order valence-electron chi connectivity index (χ1n) is 13.8. The molecule has 1 fully saturated rings. The lowest BCUT2D eigenvalue weighted by Crippen LogP contribution is -2.54. The van der Waals surface area contributed by atoms with E-state index in [0.717, 1.165) is 22.3 Å². The first-order valence-corrected chi connectivity index (χ1v) is 15.0. The third kappa shape index (κ3) is 7.72. The summed E-state index contributed by atoms with van der Waals surface area (Å²) in [4.78, 5) is 51.4. The van der Waals surface area contributed by atoms with E-state index in [0.29, 0.717) is 37.4 Å². The second-order valence-corrected chi connectivity index (χ2v) is 12.2. The number of fused-ring (bicyclic) bond motifs is 3. The van der Waals surface area contributed by atoms with Crippen LogP contribution in [-0.4, -0.2) is 71.4 Å². The van der Waals surface area contributed by atoms with Gasteiger partial charge >= 0.3 is 12.2 Å². The van der Waals surface area contributed by atoms with Gasteiger partial charge in [0.1, 0.15) is 24.3 Å². The molecule has 1 aliphatic heterocycles. The number of amides is 4. The van der Waals surface area contributed by atoms with Gasteiger partial charge in [-0.2, -0.15) is 0 Å². The summed E-state index contributed by atoms with van der Waals surface area (Å²) in [6.45, 7) is 5.77. The molecule has 0 bridgehead atoms. The van der Waals surface area contributed by atoms with Crippen molar-refractivity contribution in [1.29, 1.82) is 0 Å². The summed E-state index contributed by atoms with van der Waals surface area (Å²) in [7, 11) is 0. The summed E-state index contributed by atoms with van der Waals surface area (Å²) >= 11 is 1.43. The first-order chi connectivity index (χ1) is 19.5.